The van der Waals surface area contributed by atoms with Crippen molar-refractivity contribution in [2.45, 2.75) is 57.5 Å². The number of hydrogen-bond acceptors (Lipinski definition) is 2. The number of carbonyl (C=O) groups is 1. The second-order valence-electron chi connectivity index (χ2n) is 7.71. The maximum absolute atomic E-state index is 13.0. The molecule has 3 heteroatoms. The summed E-state index contributed by atoms with van der Waals surface area (Å²) in [4.78, 5) is 15.0. The van der Waals surface area contributed by atoms with Gasteiger partial charge in [-0.05, 0) is 55.7 Å². The molecule has 1 saturated carbocycles. The fraction of sp³-hybridized carbons (Fsp3) is 0.632. The van der Waals surface area contributed by atoms with E-state index in [2.05, 4.69) is 38.1 Å². The zero-order valence-corrected chi connectivity index (χ0v) is 13.6. The molecule has 0 bridgehead atoms. The smallest absolute Gasteiger partial charge is 0.233 e. The summed E-state index contributed by atoms with van der Waals surface area (Å²) < 4.78 is 5.60. The lowest BCUT2D eigenvalue weighted by atomic mass is 9.69. The van der Waals surface area contributed by atoms with Crippen LogP contribution in [-0.2, 0) is 9.53 Å². The van der Waals surface area contributed by atoms with Gasteiger partial charge in [-0.15, -0.1) is 0 Å². The lowest BCUT2D eigenvalue weighted by Gasteiger charge is -2.34. The van der Waals surface area contributed by atoms with Crippen LogP contribution in [0.15, 0.2) is 24.3 Å². The van der Waals surface area contributed by atoms with E-state index >= 15 is 0 Å². The SMILES string of the molecule is CC(C)c1ccc(N2CC[C@]3(CC[C@@]4(CC3)CO4)C2=O)cc1. The fourth-order valence-corrected chi connectivity index (χ4v) is 4.14. The average Bonchev–Trinajstić information content (AvgIpc) is 3.22. The lowest BCUT2D eigenvalue weighted by molar-refractivity contribution is -0.127. The van der Waals surface area contributed by atoms with Crippen LogP contribution in [0.1, 0.15) is 57.4 Å². The van der Waals surface area contributed by atoms with Crippen molar-refractivity contribution in [2.75, 3.05) is 18.1 Å². The summed E-state index contributed by atoms with van der Waals surface area (Å²) >= 11 is 0. The Morgan fingerprint density at radius 1 is 1.05 bits per heavy atom. The first-order valence-electron chi connectivity index (χ1n) is 8.60. The third-order valence-electron chi connectivity index (χ3n) is 6.06. The van der Waals surface area contributed by atoms with Crippen LogP contribution in [0.3, 0.4) is 0 Å². The molecule has 3 fully saturated rings. The predicted octanol–water partition coefficient (Wildman–Crippen LogP) is 3.88. The Bertz CT molecular complexity index is 576. The summed E-state index contributed by atoms with van der Waals surface area (Å²) in [7, 11) is 0. The molecule has 3 aliphatic rings. The molecule has 1 amide bonds. The van der Waals surface area contributed by atoms with Crippen LogP contribution >= 0.6 is 0 Å². The molecule has 2 heterocycles. The number of benzene rings is 1. The van der Waals surface area contributed by atoms with Crippen molar-refractivity contribution in [2.24, 2.45) is 5.41 Å². The van der Waals surface area contributed by atoms with Gasteiger partial charge in [0.1, 0.15) is 0 Å². The molecule has 2 saturated heterocycles. The number of nitrogens with zero attached hydrogens (tertiary/aromatic N) is 1. The second-order valence-corrected chi connectivity index (χ2v) is 7.71. The first kappa shape index (κ1) is 14.3. The average molecular weight is 299 g/mol. The molecule has 22 heavy (non-hydrogen) atoms. The standard InChI is InChI=1S/C19H25NO2/c1-14(2)15-3-5-16(6-4-15)20-12-11-18(17(20)21)7-9-19(10-8-18)13-22-19/h3-6,14H,7-13H2,1-2H3/t18-,19-. The summed E-state index contributed by atoms with van der Waals surface area (Å²) in [5.74, 6) is 0.878. The Labute approximate surface area is 132 Å². The Morgan fingerprint density at radius 3 is 2.23 bits per heavy atom. The van der Waals surface area contributed by atoms with Gasteiger partial charge in [0.15, 0.2) is 0 Å². The van der Waals surface area contributed by atoms with E-state index in [1.165, 1.54) is 5.56 Å². The van der Waals surface area contributed by atoms with Crippen molar-refractivity contribution >= 4 is 11.6 Å². The van der Waals surface area contributed by atoms with Gasteiger partial charge < -0.3 is 9.64 Å². The topological polar surface area (TPSA) is 32.8 Å². The van der Waals surface area contributed by atoms with E-state index in [4.69, 9.17) is 4.74 Å². The van der Waals surface area contributed by atoms with Crippen LogP contribution in [0.4, 0.5) is 5.69 Å². The van der Waals surface area contributed by atoms with E-state index in [1.807, 2.05) is 4.90 Å². The van der Waals surface area contributed by atoms with Gasteiger partial charge in [-0.1, -0.05) is 26.0 Å². The molecule has 1 aromatic carbocycles. The number of carbonyl (C=O) groups excluding carboxylic acids is 1. The van der Waals surface area contributed by atoms with Crippen LogP contribution in [0.5, 0.6) is 0 Å². The number of rotatable bonds is 2. The lowest BCUT2D eigenvalue weighted by Crippen LogP contribution is -2.39. The van der Waals surface area contributed by atoms with Gasteiger partial charge in [0.05, 0.1) is 17.6 Å². The summed E-state index contributed by atoms with van der Waals surface area (Å²) in [6.07, 6.45) is 5.16. The number of epoxide rings is 1. The van der Waals surface area contributed by atoms with Crippen LogP contribution in [-0.4, -0.2) is 24.7 Å². The van der Waals surface area contributed by atoms with Crippen LogP contribution in [0, 0.1) is 5.41 Å². The molecule has 0 radical (unpaired) electrons. The quantitative estimate of drug-likeness (QED) is 0.776. The van der Waals surface area contributed by atoms with Crippen molar-refractivity contribution < 1.29 is 9.53 Å². The first-order chi connectivity index (χ1) is 10.5. The molecule has 3 nitrogen and oxygen atoms in total. The maximum Gasteiger partial charge on any atom is 0.233 e. The van der Waals surface area contributed by atoms with Crippen molar-refractivity contribution in [3.8, 4) is 0 Å². The Kier molecular flexibility index (Phi) is 3.12. The van der Waals surface area contributed by atoms with Gasteiger partial charge in [0.2, 0.25) is 5.91 Å². The van der Waals surface area contributed by atoms with Gasteiger partial charge in [-0.3, -0.25) is 4.79 Å². The first-order valence-corrected chi connectivity index (χ1v) is 8.60. The zero-order chi connectivity index (χ0) is 15.4. The fourth-order valence-electron chi connectivity index (χ4n) is 4.14. The van der Waals surface area contributed by atoms with E-state index < -0.39 is 0 Å². The van der Waals surface area contributed by atoms with Crippen LogP contribution in [0.25, 0.3) is 0 Å². The highest BCUT2D eigenvalue weighted by molar-refractivity contribution is 6.00. The Morgan fingerprint density at radius 2 is 1.68 bits per heavy atom. The van der Waals surface area contributed by atoms with Gasteiger partial charge in [0.25, 0.3) is 0 Å². The van der Waals surface area contributed by atoms with Gasteiger partial charge in [0, 0.05) is 12.2 Å². The summed E-state index contributed by atoms with van der Waals surface area (Å²) in [6.45, 7) is 6.18. The predicted molar refractivity (Wildman–Crippen MR) is 87.1 cm³/mol. The van der Waals surface area contributed by atoms with Crippen molar-refractivity contribution in [1.29, 1.82) is 0 Å². The van der Waals surface area contributed by atoms with Crippen molar-refractivity contribution in [3.63, 3.8) is 0 Å². The van der Waals surface area contributed by atoms with Gasteiger partial charge in [-0.25, -0.2) is 0 Å². The molecule has 1 aliphatic carbocycles. The molecule has 0 N–H and O–H groups in total. The van der Waals surface area contributed by atoms with Crippen LogP contribution < -0.4 is 4.90 Å². The largest absolute Gasteiger partial charge is 0.370 e. The Hall–Kier alpha value is -1.35. The van der Waals surface area contributed by atoms with E-state index in [9.17, 15) is 4.79 Å². The summed E-state index contributed by atoms with van der Waals surface area (Å²) in [6, 6.07) is 8.54. The summed E-state index contributed by atoms with van der Waals surface area (Å²) in [5.41, 5.74) is 2.45. The summed E-state index contributed by atoms with van der Waals surface area (Å²) in [5, 5.41) is 0. The third kappa shape index (κ3) is 2.18. The highest BCUT2D eigenvalue weighted by Gasteiger charge is 2.56. The molecular formula is C19H25NO2. The molecular weight excluding hydrogens is 274 g/mol. The van der Waals surface area contributed by atoms with E-state index in [0.717, 1.165) is 50.9 Å². The van der Waals surface area contributed by atoms with E-state index in [-0.39, 0.29) is 11.0 Å². The number of anilines is 1. The molecule has 2 spiro atoms. The number of amides is 1. The molecule has 4 rings (SSSR count). The number of hydrogen-bond donors (Lipinski definition) is 0. The van der Waals surface area contributed by atoms with Crippen molar-refractivity contribution in [1.82, 2.24) is 0 Å². The minimum atomic E-state index is -0.103. The number of ether oxygens (including phenoxy) is 1. The van der Waals surface area contributed by atoms with E-state index in [1.54, 1.807) is 0 Å². The monoisotopic (exact) mass is 299 g/mol. The Balaban J connectivity index is 1.51. The molecule has 1 aromatic rings. The molecule has 0 aromatic heterocycles. The maximum atomic E-state index is 13.0. The highest BCUT2D eigenvalue weighted by Crippen LogP contribution is 2.53. The van der Waals surface area contributed by atoms with Crippen molar-refractivity contribution in [3.05, 3.63) is 29.8 Å². The van der Waals surface area contributed by atoms with Gasteiger partial charge in [-0.2, -0.15) is 0 Å². The zero-order valence-electron chi connectivity index (χ0n) is 13.6. The molecule has 0 unspecified atom stereocenters. The normalized spacial score (nSPS) is 34.1. The van der Waals surface area contributed by atoms with Crippen LogP contribution in [0.2, 0.25) is 0 Å². The third-order valence-corrected chi connectivity index (χ3v) is 6.06. The molecule has 118 valence electrons. The van der Waals surface area contributed by atoms with Gasteiger partial charge >= 0.3 is 0 Å². The molecule has 2 aliphatic heterocycles. The van der Waals surface area contributed by atoms with E-state index in [0.29, 0.717) is 11.8 Å². The minimum absolute atomic E-state index is 0.103. The highest BCUT2D eigenvalue weighted by atomic mass is 16.6. The minimum Gasteiger partial charge on any atom is -0.370 e. The molecule has 0 atom stereocenters. The second kappa shape index (κ2) is 4.82.